The number of aliphatic hydroxyl groups is 1. The molecule has 0 aromatic heterocycles. The van der Waals surface area contributed by atoms with Crippen molar-refractivity contribution >= 4 is 136 Å². The molecule has 0 aromatic carbocycles. The molecule has 135 heavy (non-hydrogen) atoms. The monoisotopic (exact) mass is 1920 g/mol. The Bertz CT molecular complexity index is 4420. The van der Waals surface area contributed by atoms with Crippen LogP contribution in [-0.2, 0) is 110 Å². The van der Waals surface area contributed by atoms with Crippen molar-refractivity contribution in [2.45, 2.75) is 374 Å². The molecule has 0 radical (unpaired) electrons. The normalized spacial score (nSPS) is 16.2. The molecule has 0 saturated carbocycles. The van der Waals surface area contributed by atoms with Crippen molar-refractivity contribution < 1.29 is 120 Å². The van der Waals surface area contributed by atoms with Crippen molar-refractivity contribution in [3.05, 3.63) is 0 Å². The quantitative estimate of drug-likeness (QED) is 0.0272. The average molecular weight is 1920 g/mol. The topological polar surface area (TPSA) is 708 Å². The maximum atomic E-state index is 14.5. The smallest absolute Gasteiger partial charge is 0.303 e. The van der Waals surface area contributed by atoms with Crippen LogP contribution in [0.25, 0.3) is 0 Å². The second-order valence-corrected chi connectivity index (χ2v) is 40.6. The van der Waals surface area contributed by atoms with Gasteiger partial charge in [0.25, 0.3) is 0 Å². The number of primary amides is 2. The minimum absolute atomic E-state index is 0.0203. The van der Waals surface area contributed by atoms with Gasteiger partial charge in [0.2, 0.25) is 130 Å². The Labute approximate surface area is 788 Å². The standard InChI is InChI=1S/C88H150N22O25/c1-44(2)40-50(43-111)94-64(120)51(32-35-57(89)113)96-65(121)52(34-37-60(116)117)97-75(131)84(18,19)107-77(133)86(22,23)106-70(126)61(46(5)6)99-68(124)55-30-28-38-109(55)79(135)88(26,27)108-76(132)85(20,21)101-59(115)42-91-71(127)80(10,11)104-67(123)54(41-45(3)4)98-74(130)83(16,17)103-66(122)53(33-36-58(90)114)95-62(118)47(7)92-72(128)81(12,13)102-63(119)48(8)93-73(129)82(14,15)105-69(125)56-31-29-39-110(56)78(134)87(24,25)100-49(9)112/h44-48,50-56,61,111H,28-43H2,1-27H3,(H2,89,113)(H2,90,114)(H,91,127)(H,92,128)(H,93,129)(H,94,120)(H,95,118)(H,96,121)(H,97,131)(H,98,130)(H,99,124)(H,100,112)(H,101,115)(H,102,119)(H,103,122)(H,104,123)(H,105,125)(H,106,126)(H,107,133)(H,108,132)(H,116,117). The third-order valence-electron chi connectivity index (χ3n) is 22.3. The second-order valence-electron chi connectivity index (χ2n) is 40.6. The zero-order valence-corrected chi connectivity index (χ0v) is 83.2. The molecule has 22 amide bonds. The van der Waals surface area contributed by atoms with Crippen molar-refractivity contribution in [2.24, 2.45) is 29.2 Å². The fourth-order valence-electron chi connectivity index (χ4n) is 14.2. The van der Waals surface area contributed by atoms with E-state index in [0.717, 1.165) is 0 Å². The Balaban J connectivity index is 2.14. The van der Waals surface area contributed by atoms with E-state index >= 15 is 0 Å². The number of carboxylic acid groups (broad SMARTS) is 1. The highest BCUT2D eigenvalue weighted by molar-refractivity contribution is 6.05. The lowest BCUT2D eigenvalue weighted by Crippen LogP contribution is -2.66. The Morgan fingerprint density at radius 2 is 0.696 bits per heavy atom. The Morgan fingerprint density at radius 3 is 1.14 bits per heavy atom. The van der Waals surface area contributed by atoms with Crippen molar-refractivity contribution in [1.29, 1.82) is 0 Å². The van der Waals surface area contributed by atoms with Crippen molar-refractivity contribution in [3.63, 3.8) is 0 Å². The van der Waals surface area contributed by atoms with Crippen LogP contribution in [0, 0.1) is 17.8 Å². The number of carboxylic acids is 1. The summed E-state index contributed by atoms with van der Waals surface area (Å²) in [4.78, 5) is 314. The number of carbonyl (C=O) groups excluding carboxylic acids is 22. The summed E-state index contributed by atoms with van der Waals surface area (Å²) in [5.74, 6) is -21.0. The third-order valence-corrected chi connectivity index (χ3v) is 22.3. The van der Waals surface area contributed by atoms with Crippen LogP contribution in [0.5, 0.6) is 0 Å². The lowest BCUT2D eigenvalue weighted by molar-refractivity contribution is -0.146. The van der Waals surface area contributed by atoms with Gasteiger partial charge in [-0.05, 0) is 214 Å². The van der Waals surface area contributed by atoms with E-state index in [-0.39, 0.29) is 57.0 Å². The first-order chi connectivity index (χ1) is 61.5. The average Bonchev–Trinajstić information content (AvgIpc) is 1.72. The molecule has 2 rings (SSSR count). The molecular weight excluding hydrogens is 1770 g/mol. The Morgan fingerprint density at radius 1 is 0.348 bits per heavy atom. The van der Waals surface area contributed by atoms with Crippen molar-refractivity contribution in [1.82, 2.24) is 106 Å². The summed E-state index contributed by atoms with van der Waals surface area (Å²) in [6, 6.07) is -13.1. The maximum Gasteiger partial charge on any atom is 0.303 e. The first kappa shape index (κ1) is 119. The first-order valence-corrected chi connectivity index (χ1v) is 45.1. The molecule has 2 heterocycles. The number of hydrogen-bond donors (Lipinski definition) is 22. The van der Waals surface area contributed by atoms with Crippen LogP contribution >= 0.6 is 0 Å². The van der Waals surface area contributed by atoms with Crippen LogP contribution in [0.15, 0.2) is 0 Å². The number of nitrogens with one attached hydrogen (secondary N) is 18. The molecule has 10 atom stereocenters. The van der Waals surface area contributed by atoms with Gasteiger partial charge in [-0.3, -0.25) is 110 Å². The number of nitrogens with zero attached hydrogens (tertiary/aromatic N) is 2. The fraction of sp³-hybridized carbons (Fsp3) is 0.739. The van der Waals surface area contributed by atoms with Gasteiger partial charge in [-0.25, -0.2) is 0 Å². The van der Waals surface area contributed by atoms with Gasteiger partial charge in [0, 0.05) is 39.3 Å². The van der Waals surface area contributed by atoms with Crippen LogP contribution in [0.2, 0.25) is 0 Å². The molecule has 24 N–H and O–H groups in total. The van der Waals surface area contributed by atoms with Crippen molar-refractivity contribution in [3.8, 4) is 0 Å². The van der Waals surface area contributed by atoms with Gasteiger partial charge in [-0.15, -0.1) is 0 Å². The van der Waals surface area contributed by atoms with E-state index in [4.69, 9.17) is 11.5 Å². The van der Waals surface area contributed by atoms with Crippen LogP contribution < -0.4 is 107 Å². The summed E-state index contributed by atoms with van der Waals surface area (Å²) >= 11 is 0. The van der Waals surface area contributed by atoms with Gasteiger partial charge in [0.1, 0.15) is 104 Å². The summed E-state index contributed by atoms with van der Waals surface area (Å²) in [5, 5.41) is 64.9. The van der Waals surface area contributed by atoms with Gasteiger partial charge in [0.15, 0.2) is 0 Å². The number of hydrogen-bond acceptors (Lipinski definition) is 24. The number of aliphatic hydroxyl groups excluding tert-OH is 1. The summed E-state index contributed by atoms with van der Waals surface area (Å²) in [6.45, 7) is 36.9. The molecular formula is C88H150N22O25. The van der Waals surface area contributed by atoms with E-state index in [1.165, 1.54) is 155 Å². The van der Waals surface area contributed by atoms with Crippen molar-refractivity contribution in [2.75, 3.05) is 26.2 Å². The van der Waals surface area contributed by atoms with E-state index < -0.39 is 291 Å². The minimum Gasteiger partial charge on any atom is -0.481 e. The molecule has 2 aliphatic rings. The Hall–Kier alpha value is -12.2. The maximum absolute atomic E-state index is 14.5. The number of likely N-dealkylation sites (tertiary alicyclic amines) is 2. The van der Waals surface area contributed by atoms with E-state index in [2.05, 4.69) is 95.7 Å². The zero-order chi connectivity index (χ0) is 104. The first-order valence-electron chi connectivity index (χ1n) is 45.1. The number of carbonyl (C=O) groups is 23. The molecule has 2 aliphatic heterocycles. The summed E-state index contributed by atoms with van der Waals surface area (Å²) in [7, 11) is 0. The second kappa shape index (κ2) is 49.3. The van der Waals surface area contributed by atoms with E-state index in [1.54, 1.807) is 27.7 Å². The molecule has 2 fully saturated rings. The summed E-state index contributed by atoms with van der Waals surface area (Å²) in [6.07, 6.45) is -1.27. The van der Waals surface area contributed by atoms with E-state index in [9.17, 15) is 120 Å². The predicted octanol–water partition coefficient (Wildman–Crippen LogP) is -4.79. The van der Waals surface area contributed by atoms with Crippen LogP contribution in [0.3, 0.4) is 0 Å². The molecule has 47 nitrogen and oxygen atoms in total. The van der Waals surface area contributed by atoms with E-state index in [1.807, 2.05) is 13.8 Å². The van der Waals surface area contributed by atoms with Crippen LogP contribution in [0.1, 0.15) is 264 Å². The summed E-state index contributed by atoms with van der Waals surface area (Å²) in [5.41, 5.74) is -5.09. The Kier molecular flexibility index (Phi) is 43.4. The van der Waals surface area contributed by atoms with E-state index in [0.29, 0.717) is 19.3 Å². The molecule has 0 bridgehead atoms. The summed E-state index contributed by atoms with van der Waals surface area (Å²) < 4.78 is 0. The highest BCUT2D eigenvalue weighted by Gasteiger charge is 2.49. The molecule has 0 aromatic rings. The van der Waals surface area contributed by atoms with Gasteiger partial charge >= 0.3 is 5.97 Å². The SMILES string of the molecule is CC(=O)NC(C)(C)C(=O)N1CCCC1C(=O)NC(C)(C)C(=O)NC(C)C(=O)NC(C)(C)C(=O)NC(C)C(=O)NC(CCC(N)=O)C(=O)NC(C)(C)C(=O)NC(CC(C)C)C(=O)NC(C)(C)C(=O)NCC(=O)NC(C)(C)C(=O)NC(C)(C)C(=O)N1CCCC1C(=O)NC(C(=O)NC(C)(C)C(=O)NC(C)(C)C(=O)NC(CCC(=O)O)C(=O)NC(CCC(N)=O)C(=O)NC(CO)CC(C)C)C(C)C. The van der Waals surface area contributed by atoms with Crippen LogP contribution in [0.4, 0.5) is 0 Å². The third kappa shape index (κ3) is 37.2. The van der Waals surface area contributed by atoms with Gasteiger partial charge < -0.3 is 127 Å². The minimum atomic E-state index is -1.91. The highest BCUT2D eigenvalue weighted by Crippen LogP contribution is 2.27. The highest BCUT2D eigenvalue weighted by atomic mass is 16.4. The number of aliphatic carboxylic acids is 1. The molecule has 10 unspecified atom stereocenters. The number of amides is 22. The molecule has 762 valence electrons. The molecule has 47 heteroatoms. The molecule has 0 spiro atoms. The lowest BCUT2D eigenvalue weighted by atomic mass is 9.96. The fourth-order valence-corrected chi connectivity index (χ4v) is 14.2. The molecule has 0 aliphatic carbocycles. The van der Waals surface area contributed by atoms with Gasteiger partial charge in [-0.2, -0.15) is 0 Å². The number of nitrogens with two attached hydrogens (primary N) is 2. The lowest BCUT2D eigenvalue weighted by Gasteiger charge is -2.36. The van der Waals surface area contributed by atoms with Crippen LogP contribution in [-0.4, -0.2) is 292 Å². The molecule has 2 saturated heterocycles. The predicted molar refractivity (Wildman–Crippen MR) is 490 cm³/mol. The van der Waals surface area contributed by atoms with Gasteiger partial charge in [-0.1, -0.05) is 41.5 Å². The van der Waals surface area contributed by atoms with Gasteiger partial charge in [0.05, 0.1) is 19.2 Å². The largest absolute Gasteiger partial charge is 0.481 e. The zero-order valence-electron chi connectivity index (χ0n) is 83.2. The number of rotatable bonds is 52.